The van der Waals surface area contributed by atoms with Crippen LogP contribution < -0.4 is 4.90 Å². The number of hydrogen-bond donors (Lipinski definition) is 0. The lowest BCUT2D eigenvalue weighted by molar-refractivity contribution is 0.649. The number of anilines is 3. The van der Waals surface area contributed by atoms with Gasteiger partial charge in [0.05, 0.1) is 5.69 Å². The van der Waals surface area contributed by atoms with Crippen LogP contribution in [-0.2, 0) is 21.7 Å². The van der Waals surface area contributed by atoms with Crippen LogP contribution in [0.4, 0.5) is 17.1 Å². The van der Waals surface area contributed by atoms with Gasteiger partial charge in [0.25, 0.3) is 0 Å². The van der Waals surface area contributed by atoms with Crippen molar-refractivity contribution >= 4 is 60.9 Å². The first-order valence-corrected chi connectivity index (χ1v) is 28.5. The summed E-state index contributed by atoms with van der Waals surface area (Å²) in [6.07, 6.45) is 0. The average Bonchev–Trinajstić information content (AvgIpc) is 4.43. The molecule has 13 aromatic rings. The summed E-state index contributed by atoms with van der Waals surface area (Å²) in [5, 5.41) is 4.67. The van der Waals surface area contributed by atoms with Gasteiger partial charge in [-0.25, -0.2) is 0 Å². The molecule has 3 heteroatoms. The second-order valence-electron chi connectivity index (χ2n) is 25.3. The Morgan fingerprint density at radius 1 is 0.300 bits per heavy atom. The standard InChI is InChI=1S/C77H55NO2/c1-74(2)59-33-31-53-51-21-11-13-25-67(51)79-72(53)69(59)57-40-62-55(38-63(57)74)49-29-27-45(36-61(49)76(62,5)6)78-46-28-30-50-56-39-64-58(70-60(75(64,3)4)34-32-54-52-22-12-14-26-68(52)80-73(54)70)41-66(56)77(7,65(50)37-46)44-20-15-19-43(35-44)48-24-16-23-47(71(48)78)42-17-9-8-10-18-42/h8-41H,1-7H3. The topological polar surface area (TPSA) is 29.5 Å². The highest BCUT2D eigenvalue weighted by molar-refractivity contribution is 6.14. The van der Waals surface area contributed by atoms with E-state index in [0.717, 1.165) is 39.1 Å². The molecule has 11 aromatic carbocycles. The lowest BCUT2D eigenvalue weighted by Crippen LogP contribution is -2.24. The van der Waals surface area contributed by atoms with Crippen LogP contribution in [-0.4, -0.2) is 0 Å². The van der Waals surface area contributed by atoms with E-state index in [4.69, 9.17) is 8.83 Å². The minimum Gasteiger partial charge on any atom is -0.455 e. The minimum absolute atomic E-state index is 0.208. The average molecular weight is 1030 g/mol. The van der Waals surface area contributed by atoms with Crippen LogP contribution in [0.2, 0.25) is 0 Å². The highest BCUT2D eigenvalue weighted by Crippen LogP contribution is 2.63. The van der Waals surface area contributed by atoms with E-state index in [-0.39, 0.29) is 16.2 Å². The van der Waals surface area contributed by atoms with Crippen LogP contribution in [0.5, 0.6) is 0 Å². The molecule has 80 heavy (non-hydrogen) atoms. The second-order valence-corrected chi connectivity index (χ2v) is 25.3. The fourth-order valence-electron chi connectivity index (χ4n) is 16.1. The molecule has 0 spiro atoms. The molecule has 4 bridgehead atoms. The van der Waals surface area contributed by atoms with Gasteiger partial charge >= 0.3 is 0 Å². The van der Waals surface area contributed by atoms with Crippen LogP contribution in [0.15, 0.2) is 215 Å². The predicted molar refractivity (Wildman–Crippen MR) is 330 cm³/mol. The molecule has 4 aliphatic carbocycles. The first kappa shape index (κ1) is 44.8. The van der Waals surface area contributed by atoms with Gasteiger partial charge in [0.1, 0.15) is 22.3 Å². The third-order valence-corrected chi connectivity index (χ3v) is 20.3. The molecule has 3 nitrogen and oxygen atoms in total. The van der Waals surface area contributed by atoms with E-state index in [1.54, 1.807) is 0 Å². The first-order chi connectivity index (χ1) is 38.8. The van der Waals surface area contributed by atoms with Crippen LogP contribution in [0, 0.1) is 0 Å². The Labute approximate surface area is 465 Å². The van der Waals surface area contributed by atoms with E-state index in [2.05, 4.69) is 260 Å². The summed E-state index contributed by atoms with van der Waals surface area (Å²) in [4.78, 5) is 2.59. The summed E-state index contributed by atoms with van der Waals surface area (Å²) in [6, 6.07) is 78.5. The molecular formula is C77H55NO2. The van der Waals surface area contributed by atoms with E-state index in [1.165, 1.54) is 139 Å². The zero-order valence-corrected chi connectivity index (χ0v) is 45.9. The van der Waals surface area contributed by atoms with Gasteiger partial charge in [-0.15, -0.1) is 0 Å². The van der Waals surface area contributed by atoms with Crippen molar-refractivity contribution in [1.82, 2.24) is 0 Å². The van der Waals surface area contributed by atoms with Gasteiger partial charge in [0, 0.05) is 76.8 Å². The van der Waals surface area contributed by atoms with Crippen LogP contribution >= 0.6 is 0 Å². The second kappa shape index (κ2) is 14.7. The molecule has 2 aromatic heterocycles. The number of rotatable bonds is 2. The SMILES string of the molecule is CC1(C)c2cc(N3c4ccc5c(c4)C(C)(c4cccc(c4)-c4cccc(-c6ccccc6)c43)c3cc4c(cc3-5)C(C)(C)c3ccc5c(oc6ccccc65)c3-4)ccc2-c2cc3c(cc21)-c1c(ccc2c1oc1ccccc12)C3(C)C. The molecule has 0 saturated carbocycles. The first-order valence-electron chi connectivity index (χ1n) is 28.5. The Morgan fingerprint density at radius 2 is 0.750 bits per heavy atom. The van der Waals surface area contributed by atoms with E-state index in [9.17, 15) is 0 Å². The maximum absolute atomic E-state index is 6.86. The van der Waals surface area contributed by atoms with E-state index >= 15 is 0 Å². The molecule has 1 aliphatic heterocycles. The van der Waals surface area contributed by atoms with E-state index in [1.807, 2.05) is 0 Å². The molecule has 0 amide bonds. The Bertz CT molecular complexity index is 5000. The quantitative estimate of drug-likeness (QED) is 0.173. The summed E-state index contributed by atoms with van der Waals surface area (Å²) < 4.78 is 13.7. The largest absolute Gasteiger partial charge is 0.455 e. The van der Waals surface area contributed by atoms with Crippen molar-refractivity contribution in [2.75, 3.05) is 4.90 Å². The molecule has 1 atom stereocenters. The Hall–Kier alpha value is -9.18. The summed E-state index contributed by atoms with van der Waals surface area (Å²) in [5.41, 5.74) is 33.0. The van der Waals surface area contributed by atoms with Crippen molar-refractivity contribution in [3.63, 3.8) is 0 Å². The minimum atomic E-state index is -0.483. The van der Waals surface area contributed by atoms with Crippen molar-refractivity contribution < 1.29 is 8.83 Å². The fourth-order valence-corrected chi connectivity index (χ4v) is 16.1. The van der Waals surface area contributed by atoms with Crippen molar-refractivity contribution in [3.05, 3.63) is 256 Å². The molecule has 0 saturated heterocycles. The normalized spacial score (nSPS) is 17.5. The van der Waals surface area contributed by atoms with Gasteiger partial charge in [-0.05, 0) is 168 Å². The Balaban J connectivity index is 0.856. The van der Waals surface area contributed by atoms with Gasteiger partial charge in [-0.2, -0.15) is 0 Å². The van der Waals surface area contributed by atoms with Gasteiger partial charge in [0.15, 0.2) is 0 Å². The number of fused-ring (bicyclic) bond motifs is 26. The van der Waals surface area contributed by atoms with E-state index < -0.39 is 5.41 Å². The highest BCUT2D eigenvalue weighted by Gasteiger charge is 2.48. The lowest BCUT2D eigenvalue weighted by atomic mass is 9.72. The summed E-state index contributed by atoms with van der Waals surface area (Å²) in [6.45, 7) is 16.9. The molecule has 18 rings (SSSR count). The molecule has 5 aliphatic rings. The van der Waals surface area contributed by atoms with Gasteiger partial charge in [0.2, 0.25) is 0 Å². The zero-order chi connectivity index (χ0) is 53.5. The molecule has 1 unspecified atom stereocenters. The van der Waals surface area contributed by atoms with Crippen molar-refractivity contribution in [2.24, 2.45) is 0 Å². The van der Waals surface area contributed by atoms with Gasteiger partial charge in [-0.3, -0.25) is 0 Å². The van der Waals surface area contributed by atoms with Gasteiger partial charge in [-0.1, -0.05) is 181 Å². The third kappa shape index (κ3) is 5.37. The molecule has 3 heterocycles. The third-order valence-electron chi connectivity index (χ3n) is 20.3. The van der Waals surface area contributed by atoms with Crippen molar-refractivity contribution in [1.29, 1.82) is 0 Å². The Kier molecular flexibility index (Phi) is 8.24. The Morgan fingerprint density at radius 3 is 1.38 bits per heavy atom. The molecule has 0 fully saturated rings. The number of furan rings is 2. The predicted octanol–water partition coefficient (Wildman–Crippen LogP) is 20.9. The highest BCUT2D eigenvalue weighted by atomic mass is 16.3. The van der Waals surface area contributed by atoms with E-state index in [0.29, 0.717) is 0 Å². The number of para-hydroxylation sites is 3. The summed E-state index contributed by atoms with van der Waals surface area (Å²) in [7, 11) is 0. The molecular weight excluding hydrogens is 971 g/mol. The maximum Gasteiger partial charge on any atom is 0.143 e. The lowest BCUT2D eigenvalue weighted by Gasteiger charge is -2.35. The van der Waals surface area contributed by atoms with Crippen molar-refractivity contribution in [3.8, 4) is 66.8 Å². The molecule has 0 N–H and O–H groups in total. The number of hydrogen-bond acceptors (Lipinski definition) is 3. The smallest absolute Gasteiger partial charge is 0.143 e. The zero-order valence-electron chi connectivity index (χ0n) is 45.9. The molecule has 380 valence electrons. The van der Waals surface area contributed by atoms with Crippen molar-refractivity contribution in [2.45, 2.75) is 70.1 Å². The van der Waals surface area contributed by atoms with Gasteiger partial charge < -0.3 is 13.7 Å². The monoisotopic (exact) mass is 1030 g/mol. The maximum atomic E-state index is 6.86. The number of benzene rings is 11. The summed E-state index contributed by atoms with van der Waals surface area (Å²) in [5.74, 6) is 0. The number of nitrogens with zero attached hydrogens (tertiary/aromatic N) is 1. The fraction of sp³-hybridized carbons (Fsp3) is 0.143. The molecule has 0 radical (unpaired) electrons. The van der Waals surface area contributed by atoms with Crippen LogP contribution in [0.25, 0.3) is 111 Å². The van der Waals surface area contributed by atoms with Crippen LogP contribution in [0.1, 0.15) is 98.5 Å². The van der Waals surface area contributed by atoms with Crippen LogP contribution in [0.3, 0.4) is 0 Å². The summed E-state index contributed by atoms with van der Waals surface area (Å²) >= 11 is 0.